The number of rotatable bonds is 7. The van der Waals surface area contributed by atoms with Gasteiger partial charge in [0, 0.05) is 17.8 Å². The smallest absolute Gasteiger partial charge is 0.258 e. The van der Waals surface area contributed by atoms with Crippen molar-refractivity contribution in [2.24, 2.45) is 5.92 Å². The standard InChI is InChI=1S/C26H29FN4OS/c1-5-18-9-11-19(12-10-18)23-22(17(4)31(26(33)28-23)14-13-16(2)3)25-29-24(30-32-25)20-7-6-8-21(27)15-20/h6-12,15-16,23H,5,13-14H2,1-4H3,(H,28,33). The first-order chi connectivity index (χ1) is 15.9. The number of allylic oxidation sites excluding steroid dienone is 1. The summed E-state index contributed by atoms with van der Waals surface area (Å²) in [5.41, 5.74) is 4.77. The van der Waals surface area contributed by atoms with Gasteiger partial charge in [-0.1, -0.05) is 62.3 Å². The molecule has 1 aromatic heterocycles. The van der Waals surface area contributed by atoms with Crippen molar-refractivity contribution in [1.29, 1.82) is 0 Å². The van der Waals surface area contributed by atoms with Crippen molar-refractivity contribution >= 4 is 22.9 Å². The minimum Gasteiger partial charge on any atom is -0.351 e. The molecule has 1 aliphatic rings. The lowest BCUT2D eigenvalue weighted by Gasteiger charge is -2.37. The molecule has 1 unspecified atom stereocenters. The van der Waals surface area contributed by atoms with Crippen LogP contribution >= 0.6 is 12.2 Å². The second-order valence-corrected chi connectivity index (χ2v) is 9.13. The Hall–Kier alpha value is -3.06. The zero-order chi connectivity index (χ0) is 23.5. The van der Waals surface area contributed by atoms with Crippen molar-refractivity contribution in [3.8, 4) is 11.4 Å². The van der Waals surface area contributed by atoms with Gasteiger partial charge in [-0.25, -0.2) is 4.39 Å². The lowest BCUT2D eigenvalue weighted by molar-refractivity contribution is 0.390. The largest absolute Gasteiger partial charge is 0.351 e. The summed E-state index contributed by atoms with van der Waals surface area (Å²) >= 11 is 5.75. The van der Waals surface area contributed by atoms with Gasteiger partial charge in [-0.05, 0) is 61.2 Å². The lowest BCUT2D eigenvalue weighted by atomic mass is 9.93. The molecule has 0 aliphatic carbocycles. The number of hydrogen-bond acceptors (Lipinski definition) is 4. The highest BCUT2D eigenvalue weighted by molar-refractivity contribution is 7.80. The first-order valence-electron chi connectivity index (χ1n) is 11.3. The van der Waals surface area contributed by atoms with Crippen LogP contribution in [-0.4, -0.2) is 26.7 Å². The SMILES string of the molecule is CCc1ccc(C2NC(=S)N(CCC(C)C)C(C)=C2c2nc(-c3cccc(F)c3)no2)cc1. The molecule has 0 spiro atoms. The molecule has 0 bridgehead atoms. The van der Waals surface area contributed by atoms with Gasteiger partial charge >= 0.3 is 0 Å². The maximum atomic E-state index is 13.7. The summed E-state index contributed by atoms with van der Waals surface area (Å²) in [4.78, 5) is 6.75. The molecular formula is C26H29FN4OS. The Morgan fingerprint density at radius 3 is 2.61 bits per heavy atom. The fourth-order valence-corrected chi connectivity index (χ4v) is 4.33. The van der Waals surface area contributed by atoms with E-state index in [-0.39, 0.29) is 11.9 Å². The molecule has 5 nitrogen and oxygen atoms in total. The van der Waals surface area contributed by atoms with Crippen LogP contribution in [0.5, 0.6) is 0 Å². The summed E-state index contributed by atoms with van der Waals surface area (Å²) in [7, 11) is 0. The molecular weight excluding hydrogens is 435 g/mol. The van der Waals surface area contributed by atoms with Gasteiger partial charge in [0.15, 0.2) is 5.11 Å². The van der Waals surface area contributed by atoms with E-state index in [1.807, 2.05) is 6.92 Å². The maximum absolute atomic E-state index is 13.7. The average molecular weight is 465 g/mol. The number of nitrogens with zero attached hydrogens (tertiary/aromatic N) is 3. The molecule has 172 valence electrons. The monoisotopic (exact) mass is 464 g/mol. The summed E-state index contributed by atoms with van der Waals surface area (Å²) in [5.74, 6) is 0.965. The van der Waals surface area contributed by atoms with Gasteiger partial charge < -0.3 is 14.7 Å². The molecule has 0 amide bonds. The van der Waals surface area contributed by atoms with E-state index in [1.165, 1.54) is 17.7 Å². The highest BCUT2D eigenvalue weighted by Crippen LogP contribution is 2.37. The number of aromatic nitrogens is 2. The van der Waals surface area contributed by atoms with Crippen molar-refractivity contribution in [3.63, 3.8) is 0 Å². The van der Waals surface area contributed by atoms with E-state index in [0.29, 0.717) is 28.3 Å². The van der Waals surface area contributed by atoms with Crippen LogP contribution in [0.1, 0.15) is 57.2 Å². The molecule has 4 rings (SSSR count). The number of nitrogens with one attached hydrogen (secondary N) is 1. The van der Waals surface area contributed by atoms with E-state index in [0.717, 1.165) is 36.2 Å². The lowest BCUT2D eigenvalue weighted by Crippen LogP contribution is -2.46. The zero-order valence-corrected chi connectivity index (χ0v) is 20.2. The summed E-state index contributed by atoms with van der Waals surface area (Å²) in [5, 5.41) is 8.32. The van der Waals surface area contributed by atoms with Crippen LogP contribution in [0, 0.1) is 11.7 Å². The molecule has 1 aliphatic heterocycles. The Labute approximate surface area is 199 Å². The molecule has 0 saturated carbocycles. The van der Waals surface area contributed by atoms with E-state index in [2.05, 4.69) is 65.4 Å². The van der Waals surface area contributed by atoms with E-state index in [1.54, 1.807) is 12.1 Å². The Kier molecular flexibility index (Phi) is 6.88. The minimum atomic E-state index is -0.340. The van der Waals surface area contributed by atoms with Crippen LogP contribution in [-0.2, 0) is 6.42 Å². The number of hydrogen-bond donors (Lipinski definition) is 1. The Morgan fingerprint density at radius 2 is 1.94 bits per heavy atom. The van der Waals surface area contributed by atoms with Crippen molar-refractivity contribution < 1.29 is 8.91 Å². The second kappa shape index (κ2) is 9.83. The first kappa shape index (κ1) is 23.1. The first-order valence-corrected chi connectivity index (χ1v) is 11.8. The average Bonchev–Trinajstić information content (AvgIpc) is 3.28. The Balaban J connectivity index is 1.78. The van der Waals surface area contributed by atoms with Crippen LogP contribution < -0.4 is 5.32 Å². The van der Waals surface area contributed by atoms with Gasteiger partial charge in [-0.15, -0.1) is 0 Å². The zero-order valence-electron chi connectivity index (χ0n) is 19.4. The molecule has 2 heterocycles. The van der Waals surface area contributed by atoms with Gasteiger partial charge in [0.05, 0.1) is 11.6 Å². The normalized spacial score (nSPS) is 16.5. The highest BCUT2D eigenvalue weighted by atomic mass is 32.1. The molecule has 2 aromatic carbocycles. The maximum Gasteiger partial charge on any atom is 0.258 e. The van der Waals surface area contributed by atoms with Gasteiger partial charge in [0.1, 0.15) is 5.82 Å². The molecule has 33 heavy (non-hydrogen) atoms. The molecule has 3 aromatic rings. The van der Waals surface area contributed by atoms with E-state index >= 15 is 0 Å². The van der Waals surface area contributed by atoms with Crippen LogP contribution in [0.2, 0.25) is 0 Å². The minimum absolute atomic E-state index is 0.223. The topological polar surface area (TPSA) is 54.2 Å². The Morgan fingerprint density at radius 1 is 1.18 bits per heavy atom. The predicted molar refractivity (Wildman–Crippen MR) is 133 cm³/mol. The molecule has 0 fully saturated rings. The van der Waals surface area contributed by atoms with Crippen molar-refractivity contribution in [2.75, 3.05) is 6.54 Å². The van der Waals surface area contributed by atoms with E-state index in [4.69, 9.17) is 16.7 Å². The van der Waals surface area contributed by atoms with Gasteiger partial charge in [0.25, 0.3) is 5.89 Å². The van der Waals surface area contributed by atoms with Gasteiger partial charge in [0.2, 0.25) is 5.82 Å². The summed E-state index contributed by atoms with van der Waals surface area (Å²) in [6.07, 6.45) is 1.98. The quantitative estimate of drug-likeness (QED) is 0.424. The third kappa shape index (κ3) is 4.98. The molecule has 7 heteroatoms. The number of aryl methyl sites for hydroxylation is 1. The van der Waals surface area contributed by atoms with Crippen molar-refractivity contribution in [1.82, 2.24) is 20.4 Å². The molecule has 1 N–H and O–H groups in total. The van der Waals surface area contributed by atoms with E-state index in [9.17, 15) is 4.39 Å². The van der Waals surface area contributed by atoms with Gasteiger partial charge in [-0.3, -0.25) is 0 Å². The molecule has 0 radical (unpaired) electrons. The number of thiocarbonyl (C=S) groups is 1. The highest BCUT2D eigenvalue weighted by Gasteiger charge is 2.34. The summed E-state index contributed by atoms with van der Waals surface area (Å²) < 4.78 is 19.5. The predicted octanol–water partition coefficient (Wildman–Crippen LogP) is 6.15. The van der Waals surface area contributed by atoms with Crippen molar-refractivity contribution in [3.05, 3.63) is 77.1 Å². The van der Waals surface area contributed by atoms with Gasteiger partial charge in [-0.2, -0.15) is 4.98 Å². The van der Waals surface area contributed by atoms with Crippen molar-refractivity contribution in [2.45, 2.75) is 46.6 Å². The van der Waals surface area contributed by atoms with Crippen LogP contribution in [0.25, 0.3) is 17.0 Å². The summed E-state index contributed by atoms with van der Waals surface area (Å²) in [6, 6.07) is 14.5. The third-order valence-corrected chi connectivity index (χ3v) is 6.33. The molecule has 1 atom stereocenters. The third-order valence-electron chi connectivity index (χ3n) is 5.99. The van der Waals surface area contributed by atoms with Crippen LogP contribution in [0.15, 0.2) is 58.8 Å². The molecule has 0 saturated heterocycles. The fraction of sp³-hybridized carbons (Fsp3) is 0.346. The van der Waals surface area contributed by atoms with Crippen LogP contribution in [0.4, 0.5) is 4.39 Å². The number of halogens is 1. The number of benzene rings is 2. The second-order valence-electron chi connectivity index (χ2n) is 8.74. The fourth-order valence-electron chi connectivity index (χ4n) is 3.99. The Bertz CT molecular complexity index is 1170. The summed E-state index contributed by atoms with van der Waals surface area (Å²) in [6.45, 7) is 9.37. The van der Waals surface area contributed by atoms with E-state index < -0.39 is 0 Å². The van der Waals surface area contributed by atoms with Crippen LogP contribution in [0.3, 0.4) is 0 Å².